The largest absolute Gasteiger partial charge is 0.504 e. The maximum atomic E-state index is 9.77. The van der Waals surface area contributed by atoms with E-state index in [9.17, 15) is 5.11 Å². The molecule has 0 aliphatic heterocycles. The van der Waals surface area contributed by atoms with Crippen molar-refractivity contribution in [1.82, 2.24) is 0 Å². The molecule has 0 heterocycles. The topological polar surface area (TPSA) is 38.7 Å². The van der Waals surface area contributed by atoms with E-state index in [0.717, 1.165) is 11.1 Å². The molecule has 18 heavy (non-hydrogen) atoms. The third-order valence-corrected chi connectivity index (χ3v) is 2.99. The highest BCUT2D eigenvalue weighted by Crippen LogP contribution is 2.36. The maximum Gasteiger partial charge on any atom is 0.160 e. The third-order valence-electron chi connectivity index (χ3n) is 2.66. The number of hydrogen-bond acceptors (Lipinski definition) is 3. The van der Waals surface area contributed by atoms with Crippen molar-refractivity contribution >= 4 is 11.6 Å². The fraction of sp³-hybridized carbons (Fsp3) is 0.143. The molecule has 2 aromatic carbocycles. The van der Waals surface area contributed by atoms with Gasteiger partial charge in [-0.15, -0.1) is 0 Å². The van der Waals surface area contributed by atoms with Crippen LogP contribution in [0.1, 0.15) is 0 Å². The van der Waals surface area contributed by atoms with Crippen LogP contribution in [0.25, 0.3) is 11.1 Å². The van der Waals surface area contributed by atoms with Gasteiger partial charge in [0.15, 0.2) is 11.5 Å². The van der Waals surface area contributed by atoms with Gasteiger partial charge >= 0.3 is 0 Å². The molecule has 0 amide bonds. The van der Waals surface area contributed by atoms with Crippen LogP contribution in [0, 0.1) is 0 Å². The number of benzene rings is 2. The van der Waals surface area contributed by atoms with Gasteiger partial charge in [-0.1, -0.05) is 17.7 Å². The summed E-state index contributed by atoms with van der Waals surface area (Å²) in [5, 5.41) is 10.4. The van der Waals surface area contributed by atoms with Crippen molar-refractivity contribution < 1.29 is 14.6 Å². The summed E-state index contributed by atoms with van der Waals surface area (Å²) in [6.07, 6.45) is 0. The average molecular weight is 265 g/mol. The lowest BCUT2D eigenvalue weighted by Gasteiger charge is -2.09. The van der Waals surface area contributed by atoms with Crippen LogP contribution in [-0.4, -0.2) is 19.3 Å². The Hall–Kier alpha value is -1.87. The Kier molecular flexibility index (Phi) is 3.63. The van der Waals surface area contributed by atoms with Crippen molar-refractivity contribution in [2.45, 2.75) is 0 Å². The van der Waals surface area contributed by atoms with E-state index in [0.29, 0.717) is 16.5 Å². The predicted octanol–water partition coefficient (Wildman–Crippen LogP) is 3.73. The highest BCUT2D eigenvalue weighted by atomic mass is 35.5. The Balaban J connectivity index is 2.51. The first-order valence-electron chi connectivity index (χ1n) is 5.36. The van der Waals surface area contributed by atoms with Gasteiger partial charge < -0.3 is 14.6 Å². The van der Waals surface area contributed by atoms with Crippen LogP contribution in [-0.2, 0) is 0 Å². The first kappa shape index (κ1) is 12.6. The van der Waals surface area contributed by atoms with E-state index in [2.05, 4.69) is 0 Å². The normalized spacial score (nSPS) is 10.2. The molecule has 0 aliphatic carbocycles. The van der Waals surface area contributed by atoms with Gasteiger partial charge in [0.25, 0.3) is 0 Å². The van der Waals surface area contributed by atoms with Gasteiger partial charge in [-0.3, -0.25) is 0 Å². The number of phenolic OH excluding ortho intramolecular Hbond substituents is 1. The molecule has 4 heteroatoms. The first-order valence-corrected chi connectivity index (χ1v) is 5.74. The number of hydrogen-bond donors (Lipinski definition) is 1. The lowest BCUT2D eigenvalue weighted by Crippen LogP contribution is -1.87. The molecule has 3 nitrogen and oxygen atoms in total. The Morgan fingerprint density at radius 1 is 1.00 bits per heavy atom. The molecule has 0 radical (unpaired) electrons. The predicted molar refractivity (Wildman–Crippen MR) is 71.7 cm³/mol. The fourth-order valence-electron chi connectivity index (χ4n) is 1.71. The van der Waals surface area contributed by atoms with E-state index in [4.69, 9.17) is 21.1 Å². The Morgan fingerprint density at radius 2 is 1.78 bits per heavy atom. The molecular weight excluding hydrogens is 252 g/mol. The van der Waals surface area contributed by atoms with Crippen molar-refractivity contribution in [3.8, 4) is 28.4 Å². The number of rotatable bonds is 3. The molecule has 2 aromatic rings. The van der Waals surface area contributed by atoms with Gasteiger partial charge in [0, 0.05) is 10.6 Å². The van der Waals surface area contributed by atoms with Crippen molar-refractivity contribution in [3.63, 3.8) is 0 Å². The van der Waals surface area contributed by atoms with Crippen LogP contribution in [0.15, 0.2) is 36.4 Å². The molecule has 0 bridgehead atoms. The maximum absolute atomic E-state index is 9.77. The van der Waals surface area contributed by atoms with Crippen molar-refractivity contribution in [2.24, 2.45) is 0 Å². The minimum absolute atomic E-state index is 0.0777. The lowest BCUT2D eigenvalue weighted by atomic mass is 10.0. The molecule has 94 valence electrons. The summed E-state index contributed by atoms with van der Waals surface area (Å²) in [4.78, 5) is 0. The molecule has 0 saturated heterocycles. The van der Waals surface area contributed by atoms with Gasteiger partial charge in [0.2, 0.25) is 0 Å². The van der Waals surface area contributed by atoms with Crippen LogP contribution in [0.2, 0.25) is 5.02 Å². The molecular formula is C14H13ClO3. The molecule has 0 fully saturated rings. The number of methoxy groups -OCH3 is 2. The van der Waals surface area contributed by atoms with Crippen molar-refractivity contribution in [1.29, 1.82) is 0 Å². The minimum Gasteiger partial charge on any atom is -0.504 e. The smallest absolute Gasteiger partial charge is 0.160 e. The molecule has 0 saturated carbocycles. The van der Waals surface area contributed by atoms with Crippen molar-refractivity contribution in [3.05, 3.63) is 41.4 Å². The fourth-order valence-corrected chi connectivity index (χ4v) is 1.94. The molecule has 0 spiro atoms. The summed E-state index contributed by atoms with van der Waals surface area (Å²) < 4.78 is 10.2. The zero-order chi connectivity index (χ0) is 13.1. The number of aromatic hydroxyl groups is 1. The first-order chi connectivity index (χ1) is 8.65. The standard InChI is InChI=1S/C14H13ClO3/c1-17-10-4-5-12(15)11(8-10)9-3-6-14(18-2)13(16)7-9/h3-8,16H,1-2H3. The third kappa shape index (κ3) is 2.36. The lowest BCUT2D eigenvalue weighted by molar-refractivity contribution is 0.373. The van der Waals surface area contributed by atoms with Crippen LogP contribution < -0.4 is 9.47 Å². The summed E-state index contributed by atoms with van der Waals surface area (Å²) in [5.74, 6) is 1.22. The number of ether oxygens (including phenoxy) is 2. The molecule has 0 aromatic heterocycles. The van der Waals surface area contributed by atoms with E-state index < -0.39 is 0 Å². The van der Waals surface area contributed by atoms with E-state index in [1.807, 2.05) is 12.1 Å². The second kappa shape index (κ2) is 5.19. The summed E-state index contributed by atoms with van der Waals surface area (Å²) in [6, 6.07) is 10.5. The summed E-state index contributed by atoms with van der Waals surface area (Å²) in [5.41, 5.74) is 1.60. The van der Waals surface area contributed by atoms with Crippen molar-refractivity contribution in [2.75, 3.05) is 14.2 Å². The summed E-state index contributed by atoms with van der Waals surface area (Å²) >= 11 is 6.15. The van der Waals surface area contributed by atoms with Crippen LogP contribution in [0.5, 0.6) is 17.2 Å². The number of halogens is 1. The highest BCUT2D eigenvalue weighted by molar-refractivity contribution is 6.33. The van der Waals surface area contributed by atoms with Gasteiger partial charge in [-0.25, -0.2) is 0 Å². The van der Waals surface area contributed by atoms with Gasteiger partial charge in [-0.05, 0) is 35.9 Å². The Morgan fingerprint density at radius 3 is 2.39 bits per heavy atom. The molecule has 0 unspecified atom stereocenters. The second-order valence-electron chi connectivity index (χ2n) is 3.73. The van der Waals surface area contributed by atoms with Crippen LogP contribution in [0.3, 0.4) is 0 Å². The number of phenols is 1. The van der Waals surface area contributed by atoms with E-state index in [1.54, 1.807) is 31.4 Å². The molecule has 0 atom stereocenters. The van der Waals surface area contributed by atoms with E-state index >= 15 is 0 Å². The molecule has 0 aliphatic rings. The van der Waals surface area contributed by atoms with Crippen LogP contribution >= 0.6 is 11.6 Å². The molecule has 1 N–H and O–H groups in total. The highest BCUT2D eigenvalue weighted by Gasteiger charge is 2.08. The zero-order valence-corrected chi connectivity index (χ0v) is 10.9. The average Bonchev–Trinajstić information content (AvgIpc) is 2.39. The molecule has 2 rings (SSSR count). The summed E-state index contributed by atoms with van der Waals surface area (Å²) in [7, 11) is 3.10. The van der Waals surface area contributed by atoms with E-state index in [-0.39, 0.29) is 5.75 Å². The van der Waals surface area contributed by atoms with Gasteiger partial charge in [0.1, 0.15) is 5.75 Å². The van der Waals surface area contributed by atoms with Gasteiger partial charge in [0.05, 0.1) is 14.2 Å². The Bertz CT molecular complexity index is 567. The monoisotopic (exact) mass is 264 g/mol. The quantitative estimate of drug-likeness (QED) is 0.918. The zero-order valence-electron chi connectivity index (χ0n) is 10.1. The Labute approximate surface area is 111 Å². The van der Waals surface area contributed by atoms with E-state index in [1.165, 1.54) is 7.11 Å². The van der Waals surface area contributed by atoms with Gasteiger partial charge in [-0.2, -0.15) is 0 Å². The summed E-state index contributed by atoms with van der Waals surface area (Å²) in [6.45, 7) is 0. The van der Waals surface area contributed by atoms with Crippen LogP contribution in [0.4, 0.5) is 0 Å². The minimum atomic E-state index is 0.0777. The second-order valence-corrected chi connectivity index (χ2v) is 4.14. The SMILES string of the molecule is COc1ccc(Cl)c(-c2ccc(OC)c(O)c2)c1.